The van der Waals surface area contributed by atoms with Gasteiger partial charge in [0.15, 0.2) is 0 Å². The summed E-state index contributed by atoms with van der Waals surface area (Å²) in [6, 6.07) is 2.42. The number of rotatable bonds is 3. The first-order chi connectivity index (χ1) is 10.7. The summed E-state index contributed by atoms with van der Waals surface area (Å²) in [5.41, 5.74) is 0. The maximum Gasteiger partial charge on any atom is 0.138 e. The summed E-state index contributed by atoms with van der Waals surface area (Å²) in [6.45, 7) is 5.22. The van der Waals surface area contributed by atoms with Crippen molar-refractivity contribution in [3.05, 3.63) is 29.4 Å². The highest BCUT2D eigenvalue weighted by atomic mass is 32.1. The fourth-order valence-corrected chi connectivity index (χ4v) is 3.72. The molecule has 0 aromatic carbocycles. The van der Waals surface area contributed by atoms with Crippen molar-refractivity contribution in [1.29, 1.82) is 0 Å². The molecular weight excluding hydrogens is 296 g/mol. The Bertz CT molecular complexity index is 805. The third kappa shape index (κ3) is 2.25. The summed E-state index contributed by atoms with van der Waals surface area (Å²) in [5, 5.41) is 15.4. The van der Waals surface area contributed by atoms with Crippen LogP contribution in [0.5, 0.6) is 0 Å². The van der Waals surface area contributed by atoms with Crippen LogP contribution in [0.2, 0.25) is 0 Å². The average molecular weight is 314 g/mol. The zero-order valence-corrected chi connectivity index (χ0v) is 13.5. The molecule has 0 unspecified atom stereocenters. The second-order valence-corrected chi connectivity index (χ2v) is 6.88. The molecule has 1 aliphatic rings. The fraction of sp³-hybridized carbons (Fsp3) is 0.467. The van der Waals surface area contributed by atoms with Crippen LogP contribution in [0.3, 0.4) is 0 Å². The molecule has 6 nitrogen and oxygen atoms in total. The average Bonchev–Trinajstić information content (AvgIpc) is 3.13. The Balaban J connectivity index is 1.60. The Hall–Kier alpha value is -2.02. The van der Waals surface area contributed by atoms with Crippen molar-refractivity contribution in [2.24, 2.45) is 0 Å². The highest BCUT2D eigenvalue weighted by Gasteiger charge is 2.24. The predicted molar refractivity (Wildman–Crippen MR) is 87.3 cm³/mol. The molecule has 4 rings (SSSR count). The van der Waals surface area contributed by atoms with E-state index in [-0.39, 0.29) is 0 Å². The topological polar surface area (TPSA) is 68.5 Å². The molecule has 0 fully saturated rings. The molecule has 114 valence electrons. The van der Waals surface area contributed by atoms with Gasteiger partial charge in [-0.15, -0.1) is 21.5 Å². The van der Waals surface area contributed by atoms with Crippen molar-refractivity contribution >= 4 is 27.4 Å². The normalized spacial score (nSPS) is 17.9. The van der Waals surface area contributed by atoms with Gasteiger partial charge in [-0.3, -0.25) is 0 Å². The maximum absolute atomic E-state index is 4.42. The summed E-state index contributed by atoms with van der Waals surface area (Å²) < 4.78 is 2.26. The summed E-state index contributed by atoms with van der Waals surface area (Å²) in [7, 11) is 0. The Morgan fingerprint density at radius 1 is 1.32 bits per heavy atom. The number of thiophene rings is 1. The molecular formula is C15H18N6S. The molecule has 3 aromatic rings. The van der Waals surface area contributed by atoms with E-state index in [2.05, 4.69) is 55.3 Å². The second-order valence-electron chi connectivity index (χ2n) is 5.98. The first kappa shape index (κ1) is 13.6. The van der Waals surface area contributed by atoms with Gasteiger partial charge in [0.1, 0.15) is 28.6 Å². The lowest BCUT2D eigenvalue weighted by Gasteiger charge is -2.26. The van der Waals surface area contributed by atoms with E-state index in [1.165, 1.54) is 0 Å². The number of nitrogens with one attached hydrogen (secondary N) is 1. The molecule has 1 aliphatic heterocycles. The number of hydrogen-bond acceptors (Lipinski definition) is 6. The van der Waals surface area contributed by atoms with Crippen LogP contribution < -0.4 is 5.32 Å². The highest BCUT2D eigenvalue weighted by Crippen LogP contribution is 2.26. The smallest absolute Gasteiger partial charge is 0.138 e. The first-order valence-electron chi connectivity index (χ1n) is 7.59. The van der Waals surface area contributed by atoms with Gasteiger partial charge in [-0.1, -0.05) is 13.8 Å². The highest BCUT2D eigenvalue weighted by molar-refractivity contribution is 7.16. The third-order valence-corrected chi connectivity index (χ3v) is 4.92. The quantitative estimate of drug-likeness (QED) is 0.805. The van der Waals surface area contributed by atoms with Crippen LogP contribution in [0.4, 0.5) is 5.82 Å². The summed E-state index contributed by atoms with van der Waals surface area (Å²) in [5.74, 6) is 3.50. The van der Waals surface area contributed by atoms with Gasteiger partial charge in [0.2, 0.25) is 0 Å². The van der Waals surface area contributed by atoms with Gasteiger partial charge in [0.05, 0.1) is 5.39 Å². The van der Waals surface area contributed by atoms with Crippen LogP contribution in [0.15, 0.2) is 17.8 Å². The van der Waals surface area contributed by atoms with Gasteiger partial charge >= 0.3 is 0 Å². The molecule has 0 bridgehead atoms. The molecule has 0 radical (unpaired) electrons. The molecule has 22 heavy (non-hydrogen) atoms. The Morgan fingerprint density at radius 3 is 3.09 bits per heavy atom. The lowest BCUT2D eigenvalue weighted by Crippen LogP contribution is -2.32. The molecule has 7 heteroatoms. The molecule has 0 amide bonds. The van der Waals surface area contributed by atoms with Crippen LogP contribution >= 0.6 is 11.3 Å². The van der Waals surface area contributed by atoms with Crippen molar-refractivity contribution in [2.45, 2.75) is 45.2 Å². The molecule has 4 heterocycles. The Kier molecular flexibility index (Phi) is 3.29. The maximum atomic E-state index is 4.42. The van der Waals surface area contributed by atoms with Crippen LogP contribution in [0, 0.1) is 0 Å². The van der Waals surface area contributed by atoms with Crippen LogP contribution in [-0.4, -0.2) is 30.8 Å². The number of aryl methyl sites for hydroxylation is 1. The molecule has 0 saturated carbocycles. The first-order valence-corrected chi connectivity index (χ1v) is 8.47. The largest absolute Gasteiger partial charge is 0.365 e. The molecule has 0 spiro atoms. The molecule has 1 atom stereocenters. The van der Waals surface area contributed by atoms with E-state index in [0.29, 0.717) is 12.0 Å². The van der Waals surface area contributed by atoms with E-state index in [0.717, 1.165) is 47.1 Å². The monoisotopic (exact) mass is 314 g/mol. The van der Waals surface area contributed by atoms with Gasteiger partial charge in [0.25, 0.3) is 0 Å². The van der Waals surface area contributed by atoms with Gasteiger partial charge < -0.3 is 9.88 Å². The summed E-state index contributed by atoms with van der Waals surface area (Å²) in [4.78, 5) is 9.75. The third-order valence-electron chi connectivity index (χ3n) is 4.09. The van der Waals surface area contributed by atoms with Gasteiger partial charge in [-0.05, 0) is 17.9 Å². The molecule has 0 aliphatic carbocycles. The number of anilines is 1. The lowest BCUT2D eigenvalue weighted by molar-refractivity contribution is 0.459. The number of nitrogens with zero attached hydrogens (tertiary/aromatic N) is 5. The van der Waals surface area contributed by atoms with E-state index in [1.807, 2.05) is 0 Å². The van der Waals surface area contributed by atoms with E-state index < -0.39 is 0 Å². The van der Waals surface area contributed by atoms with Gasteiger partial charge in [-0.25, -0.2) is 9.97 Å². The minimum absolute atomic E-state index is 0.346. The SMILES string of the molecule is CC(C)c1nnc2n1C[C@H](Nc1ncnc3sccc13)CC2. The van der Waals surface area contributed by atoms with Crippen molar-refractivity contribution < 1.29 is 0 Å². The molecule has 3 aromatic heterocycles. The predicted octanol–water partition coefficient (Wildman–Crippen LogP) is 2.83. The fourth-order valence-electron chi connectivity index (χ4n) is 2.99. The van der Waals surface area contributed by atoms with Crippen LogP contribution in [0.25, 0.3) is 10.2 Å². The summed E-state index contributed by atoms with van der Waals surface area (Å²) >= 11 is 1.64. The van der Waals surface area contributed by atoms with Crippen LogP contribution in [0.1, 0.15) is 37.8 Å². The zero-order valence-electron chi connectivity index (χ0n) is 12.7. The van der Waals surface area contributed by atoms with Crippen molar-refractivity contribution in [3.63, 3.8) is 0 Å². The number of fused-ring (bicyclic) bond motifs is 2. The van der Waals surface area contributed by atoms with Gasteiger partial charge in [0, 0.05) is 24.9 Å². The van der Waals surface area contributed by atoms with Crippen molar-refractivity contribution in [2.75, 3.05) is 5.32 Å². The second kappa shape index (κ2) is 5.31. The minimum atomic E-state index is 0.346. The van der Waals surface area contributed by atoms with Crippen LogP contribution in [-0.2, 0) is 13.0 Å². The Labute approximate surface area is 132 Å². The lowest BCUT2D eigenvalue weighted by atomic mass is 10.1. The van der Waals surface area contributed by atoms with Gasteiger partial charge in [-0.2, -0.15) is 0 Å². The van der Waals surface area contributed by atoms with E-state index in [1.54, 1.807) is 17.7 Å². The molecule has 0 saturated heterocycles. The minimum Gasteiger partial charge on any atom is -0.365 e. The molecule has 1 N–H and O–H groups in total. The number of aromatic nitrogens is 5. The summed E-state index contributed by atoms with van der Waals surface area (Å²) in [6.07, 6.45) is 3.63. The van der Waals surface area contributed by atoms with Crippen molar-refractivity contribution in [3.8, 4) is 0 Å². The zero-order chi connectivity index (χ0) is 15.1. The van der Waals surface area contributed by atoms with Crippen molar-refractivity contribution in [1.82, 2.24) is 24.7 Å². The van der Waals surface area contributed by atoms with E-state index in [9.17, 15) is 0 Å². The van der Waals surface area contributed by atoms with E-state index >= 15 is 0 Å². The standard InChI is InChI=1S/C15H18N6S/c1-9(2)14-20-19-12-4-3-10(7-21(12)14)18-13-11-5-6-22-15(11)17-8-16-13/h5-6,8-10H,3-4,7H2,1-2H3,(H,16,17,18)/t10-/m1/s1. The van der Waals surface area contributed by atoms with E-state index in [4.69, 9.17) is 0 Å². The Morgan fingerprint density at radius 2 is 2.23 bits per heavy atom. The number of hydrogen-bond donors (Lipinski definition) is 1.